The molecule has 45 heavy (non-hydrogen) atoms. The minimum atomic E-state index is -3.64. The van der Waals surface area contributed by atoms with Gasteiger partial charge in [-0.05, 0) is 65.9 Å². The number of piperidine rings is 1. The molecule has 5 rings (SSSR count). The number of likely N-dealkylation sites (tertiary alicyclic amines) is 1. The molecule has 1 aliphatic carbocycles. The van der Waals surface area contributed by atoms with Crippen LogP contribution in [0.4, 0.5) is 4.39 Å². The maximum atomic E-state index is 14.5. The molecule has 1 aliphatic heterocycles. The second kappa shape index (κ2) is 13.0. The van der Waals surface area contributed by atoms with E-state index in [1.165, 1.54) is 13.0 Å². The number of carbonyl (C=O) groups is 3. The van der Waals surface area contributed by atoms with Crippen LogP contribution in [0.5, 0.6) is 0 Å². The van der Waals surface area contributed by atoms with E-state index in [1.54, 1.807) is 59.8 Å². The van der Waals surface area contributed by atoms with E-state index in [0.717, 1.165) is 6.42 Å². The van der Waals surface area contributed by atoms with Gasteiger partial charge < -0.3 is 28.7 Å². The second-order valence-electron chi connectivity index (χ2n) is 12.0. The zero-order valence-corrected chi connectivity index (χ0v) is 27.8. The predicted octanol–water partition coefficient (Wildman–Crippen LogP) is 4.77. The second-order valence-corrected chi connectivity index (χ2v) is 14.5. The molecular weight excluding hydrogens is 622 g/mol. The van der Waals surface area contributed by atoms with E-state index in [-0.39, 0.29) is 65.9 Å². The SMILES string of the molecule is CCOP(=O)(OCC)c1ccc2c(C(C)=O)cn(CC(=O)N3C4CC4(CN(C)C)C[C@H]3C(=O)NCc3cccc(Cl)c3F)c2c1. The van der Waals surface area contributed by atoms with Gasteiger partial charge in [-0.15, -0.1) is 0 Å². The summed E-state index contributed by atoms with van der Waals surface area (Å²) in [4.78, 5) is 44.0. The summed E-state index contributed by atoms with van der Waals surface area (Å²) >= 11 is 5.92. The minimum Gasteiger partial charge on any atom is -0.350 e. The molecule has 0 spiro atoms. The first-order valence-corrected chi connectivity index (χ1v) is 17.0. The highest BCUT2D eigenvalue weighted by Crippen LogP contribution is 2.60. The van der Waals surface area contributed by atoms with Crippen LogP contribution in [-0.4, -0.2) is 77.9 Å². The topological polar surface area (TPSA) is 110 Å². The van der Waals surface area contributed by atoms with Crippen LogP contribution in [0.15, 0.2) is 42.6 Å². The molecule has 3 aromatic rings. The lowest BCUT2D eigenvalue weighted by molar-refractivity contribution is -0.140. The monoisotopic (exact) mass is 660 g/mol. The van der Waals surface area contributed by atoms with Crippen LogP contribution in [0.25, 0.3) is 10.9 Å². The van der Waals surface area contributed by atoms with Crippen molar-refractivity contribution in [2.75, 3.05) is 33.9 Å². The number of nitrogens with one attached hydrogen (secondary N) is 1. The van der Waals surface area contributed by atoms with E-state index in [1.807, 2.05) is 14.1 Å². The molecule has 2 aliphatic rings. The summed E-state index contributed by atoms with van der Waals surface area (Å²) in [7, 11) is 0.280. The first-order valence-electron chi connectivity index (χ1n) is 15.0. The number of Topliss-reactive ketones (excluding diaryl/α,β-unsaturated/α-hetero) is 1. The summed E-state index contributed by atoms with van der Waals surface area (Å²) in [5.74, 6) is -1.44. The highest BCUT2D eigenvalue weighted by molar-refractivity contribution is 7.62. The van der Waals surface area contributed by atoms with Gasteiger partial charge in [0, 0.05) is 47.3 Å². The Morgan fingerprint density at radius 3 is 2.49 bits per heavy atom. The van der Waals surface area contributed by atoms with Crippen molar-refractivity contribution in [3.63, 3.8) is 0 Å². The Morgan fingerprint density at radius 2 is 1.84 bits per heavy atom. The minimum absolute atomic E-state index is 0.0310. The standard InChI is InChI=1S/C32H39ClFN4O6P/c1-6-43-45(42,44-7-2)22-11-12-23-24(20(3)39)17-37(26(23)13-22)18-29(40)38-27(14-32(15-28(32)38)19-36(4)5)31(41)35-16-21-9-8-10-25(33)30(21)34/h8-13,17,27-28H,6-7,14-16,18-19H2,1-5H3,(H,35,41)/t27-,28?,32?/m0/s1. The molecule has 2 aromatic carbocycles. The van der Waals surface area contributed by atoms with Crippen LogP contribution in [0.3, 0.4) is 0 Å². The number of benzene rings is 2. The van der Waals surface area contributed by atoms with Crippen LogP contribution in [-0.2, 0) is 36.3 Å². The van der Waals surface area contributed by atoms with Gasteiger partial charge in [-0.1, -0.05) is 29.8 Å². The Labute approximate surface area is 267 Å². The Bertz CT molecular complexity index is 1690. The van der Waals surface area contributed by atoms with Crippen molar-refractivity contribution < 1.29 is 32.4 Å². The fourth-order valence-electron chi connectivity index (χ4n) is 6.67. The Hall–Kier alpha value is -3.08. The number of hydrogen-bond donors (Lipinski definition) is 1. The maximum absolute atomic E-state index is 14.5. The number of fused-ring (bicyclic) bond motifs is 2. The fraction of sp³-hybridized carbons (Fsp3) is 0.469. The molecule has 2 heterocycles. The zero-order valence-electron chi connectivity index (χ0n) is 26.1. The van der Waals surface area contributed by atoms with Crippen LogP contribution < -0.4 is 10.6 Å². The molecule has 0 radical (unpaired) electrons. The molecule has 242 valence electrons. The number of amides is 2. The van der Waals surface area contributed by atoms with Crippen molar-refractivity contribution in [1.29, 1.82) is 0 Å². The largest absolute Gasteiger partial charge is 0.361 e. The number of nitrogens with zero attached hydrogens (tertiary/aromatic N) is 3. The molecule has 1 saturated heterocycles. The number of carbonyl (C=O) groups excluding carboxylic acids is 3. The maximum Gasteiger partial charge on any atom is 0.361 e. The van der Waals surface area contributed by atoms with Gasteiger partial charge in [0.25, 0.3) is 0 Å². The molecule has 1 aromatic heterocycles. The average Bonchev–Trinajstić information content (AvgIpc) is 3.37. The summed E-state index contributed by atoms with van der Waals surface area (Å²) < 4.78 is 40.8. The van der Waals surface area contributed by atoms with Gasteiger partial charge >= 0.3 is 7.60 Å². The molecule has 0 bridgehead atoms. The molecule has 1 N–H and O–H groups in total. The lowest BCUT2D eigenvalue weighted by Crippen LogP contribution is -2.48. The van der Waals surface area contributed by atoms with E-state index >= 15 is 0 Å². The van der Waals surface area contributed by atoms with Crippen molar-refractivity contribution in [3.8, 4) is 0 Å². The molecule has 2 unspecified atom stereocenters. The van der Waals surface area contributed by atoms with E-state index in [0.29, 0.717) is 34.7 Å². The summed E-state index contributed by atoms with van der Waals surface area (Å²) in [5, 5.41) is 3.70. The highest BCUT2D eigenvalue weighted by Gasteiger charge is 2.67. The van der Waals surface area contributed by atoms with Crippen molar-refractivity contribution in [1.82, 2.24) is 19.7 Å². The van der Waals surface area contributed by atoms with Crippen molar-refractivity contribution in [2.45, 2.75) is 58.8 Å². The quantitative estimate of drug-likeness (QED) is 0.208. The number of ketones is 1. The van der Waals surface area contributed by atoms with Gasteiger partial charge in [0.1, 0.15) is 18.4 Å². The van der Waals surface area contributed by atoms with Gasteiger partial charge in [-0.3, -0.25) is 18.9 Å². The van der Waals surface area contributed by atoms with E-state index in [4.69, 9.17) is 20.6 Å². The highest BCUT2D eigenvalue weighted by atomic mass is 35.5. The van der Waals surface area contributed by atoms with E-state index in [9.17, 15) is 23.3 Å². The third kappa shape index (κ3) is 6.46. The first kappa shape index (κ1) is 33.3. The zero-order chi connectivity index (χ0) is 32.7. The number of hydrogen-bond acceptors (Lipinski definition) is 7. The number of halogens is 2. The van der Waals surface area contributed by atoms with Crippen molar-refractivity contribution >= 4 is 53.0 Å². The Kier molecular flexibility index (Phi) is 9.59. The first-order chi connectivity index (χ1) is 21.3. The number of rotatable bonds is 13. The Morgan fingerprint density at radius 1 is 1.13 bits per heavy atom. The summed E-state index contributed by atoms with van der Waals surface area (Å²) in [6.45, 7) is 5.73. The molecule has 13 heteroatoms. The summed E-state index contributed by atoms with van der Waals surface area (Å²) in [6.07, 6.45) is 2.87. The summed E-state index contributed by atoms with van der Waals surface area (Å²) in [5.41, 5.74) is 0.973. The number of aromatic nitrogens is 1. The van der Waals surface area contributed by atoms with Gasteiger partial charge in [-0.25, -0.2) is 4.39 Å². The third-order valence-corrected chi connectivity index (χ3v) is 11.0. The van der Waals surface area contributed by atoms with E-state index in [2.05, 4.69) is 10.2 Å². The molecule has 1 saturated carbocycles. The summed E-state index contributed by atoms with van der Waals surface area (Å²) in [6, 6.07) is 8.68. The van der Waals surface area contributed by atoms with Crippen LogP contribution in [0.2, 0.25) is 5.02 Å². The third-order valence-electron chi connectivity index (χ3n) is 8.59. The van der Waals surface area contributed by atoms with Crippen molar-refractivity contribution in [2.24, 2.45) is 5.41 Å². The van der Waals surface area contributed by atoms with Gasteiger partial charge in [0.2, 0.25) is 11.8 Å². The lowest BCUT2D eigenvalue weighted by atomic mass is 9.98. The predicted molar refractivity (Wildman–Crippen MR) is 170 cm³/mol. The molecule has 3 atom stereocenters. The lowest BCUT2D eigenvalue weighted by Gasteiger charge is -2.27. The smallest absolute Gasteiger partial charge is 0.350 e. The van der Waals surface area contributed by atoms with Crippen LogP contribution in [0, 0.1) is 11.2 Å². The average molecular weight is 661 g/mol. The van der Waals surface area contributed by atoms with Gasteiger partial charge in [0.15, 0.2) is 5.78 Å². The molecule has 2 fully saturated rings. The van der Waals surface area contributed by atoms with Crippen molar-refractivity contribution in [3.05, 3.63) is 64.6 Å². The van der Waals surface area contributed by atoms with Crippen LogP contribution >= 0.6 is 19.2 Å². The van der Waals surface area contributed by atoms with E-state index < -0.39 is 19.5 Å². The Balaban J connectivity index is 1.45. The fourth-order valence-corrected chi connectivity index (χ4v) is 8.46. The normalized spacial score (nSPS) is 20.9. The molecule has 10 nitrogen and oxygen atoms in total. The van der Waals surface area contributed by atoms with Gasteiger partial charge in [0.05, 0.1) is 29.1 Å². The van der Waals surface area contributed by atoms with Gasteiger partial charge in [-0.2, -0.15) is 0 Å². The molecule has 2 amide bonds. The molecular formula is C32H39ClFN4O6P. The van der Waals surface area contributed by atoms with Crippen LogP contribution in [0.1, 0.15) is 49.5 Å².